The smallest absolute Gasteiger partial charge is 0.376 e. The molecule has 23 heavy (non-hydrogen) atoms. The van der Waals surface area contributed by atoms with Gasteiger partial charge in [0.2, 0.25) is 0 Å². The SMILES string of the molecule is CC1(C)OC(COC(=O)C(C)(F)F)CC(CC(=O)OCCBr)O1. The van der Waals surface area contributed by atoms with Gasteiger partial charge in [-0.2, -0.15) is 8.78 Å². The molecule has 2 atom stereocenters. The quantitative estimate of drug-likeness (QED) is 0.481. The Bertz CT molecular complexity index is 424. The number of hydrogen-bond donors (Lipinski definition) is 0. The molecule has 1 fully saturated rings. The zero-order chi connectivity index (χ0) is 17.7. The molecule has 0 N–H and O–H groups in total. The highest BCUT2D eigenvalue weighted by Crippen LogP contribution is 2.29. The van der Waals surface area contributed by atoms with Crippen LogP contribution in [0.15, 0.2) is 0 Å². The molecule has 1 heterocycles. The van der Waals surface area contributed by atoms with Crippen LogP contribution >= 0.6 is 15.9 Å². The summed E-state index contributed by atoms with van der Waals surface area (Å²) in [7, 11) is 0. The van der Waals surface area contributed by atoms with E-state index in [1.165, 1.54) is 0 Å². The van der Waals surface area contributed by atoms with E-state index in [1.54, 1.807) is 13.8 Å². The molecule has 1 aliphatic heterocycles. The molecule has 9 heteroatoms. The Kier molecular flexibility index (Phi) is 7.34. The van der Waals surface area contributed by atoms with Gasteiger partial charge in [0.05, 0.1) is 18.6 Å². The predicted octanol–water partition coefficient (Wildman–Crippen LogP) is 2.42. The molecular formula is C14H21BrF2O6. The summed E-state index contributed by atoms with van der Waals surface area (Å²) in [5.74, 6) is -6.62. The molecule has 1 rings (SSSR count). The third kappa shape index (κ3) is 7.54. The van der Waals surface area contributed by atoms with E-state index >= 15 is 0 Å². The Morgan fingerprint density at radius 2 is 1.87 bits per heavy atom. The number of carbonyl (C=O) groups is 2. The first-order valence-corrected chi connectivity index (χ1v) is 8.28. The van der Waals surface area contributed by atoms with Crippen LogP contribution in [0.5, 0.6) is 0 Å². The molecule has 0 aromatic rings. The number of alkyl halides is 3. The first kappa shape index (κ1) is 20.2. The second kappa shape index (κ2) is 8.34. The molecular weight excluding hydrogens is 382 g/mol. The van der Waals surface area contributed by atoms with E-state index in [1.807, 2.05) is 0 Å². The summed E-state index contributed by atoms with van der Waals surface area (Å²) in [4.78, 5) is 22.7. The largest absolute Gasteiger partial charge is 0.465 e. The summed E-state index contributed by atoms with van der Waals surface area (Å²) < 4.78 is 46.2. The Balaban J connectivity index is 2.54. The summed E-state index contributed by atoms with van der Waals surface area (Å²) in [5, 5.41) is 0.530. The highest BCUT2D eigenvalue weighted by molar-refractivity contribution is 9.09. The Labute approximate surface area is 141 Å². The lowest BCUT2D eigenvalue weighted by molar-refractivity contribution is -0.305. The van der Waals surface area contributed by atoms with Gasteiger partial charge in [-0.25, -0.2) is 4.79 Å². The minimum atomic E-state index is -3.56. The van der Waals surface area contributed by atoms with Gasteiger partial charge in [0.1, 0.15) is 13.2 Å². The molecule has 0 aromatic heterocycles. The van der Waals surface area contributed by atoms with Crippen LogP contribution in [0.25, 0.3) is 0 Å². The van der Waals surface area contributed by atoms with Gasteiger partial charge < -0.3 is 18.9 Å². The average molecular weight is 403 g/mol. The van der Waals surface area contributed by atoms with Crippen LogP contribution < -0.4 is 0 Å². The maximum Gasteiger partial charge on any atom is 0.376 e. The predicted molar refractivity (Wildman–Crippen MR) is 79.4 cm³/mol. The minimum Gasteiger partial charge on any atom is -0.465 e. The fourth-order valence-corrected chi connectivity index (χ4v) is 2.30. The molecule has 0 radical (unpaired) electrons. The summed E-state index contributed by atoms with van der Waals surface area (Å²) >= 11 is 3.14. The standard InChI is InChI=1S/C14H21BrF2O6/c1-13(2)22-9(7-11(18)20-5-4-15)6-10(23-13)8-21-12(19)14(3,16)17/h9-10H,4-8H2,1-3H3. The number of halogens is 3. The highest BCUT2D eigenvalue weighted by Gasteiger charge is 2.39. The molecule has 0 spiro atoms. The Morgan fingerprint density at radius 1 is 1.26 bits per heavy atom. The van der Waals surface area contributed by atoms with Crippen molar-refractivity contribution in [1.82, 2.24) is 0 Å². The number of carbonyl (C=O) groups excluding carboxylic acids is 2. The van der Waals surface area contributed by atoms with Gasteiger partial charge in [0, 0.05) is 18.7 Å². The van der Waals surface area contributed by atoms with Crippen molar-refractivity contribution in [2.24, 2.45) is 0 Å². The van der Waals surface area contributed by atoms with Crippen molar-refractivity contribution in [2.75, 3.05) is 18.5 Å². The molecule has 2 unspecified atom stereocenters. The first-order valence-electron chi connectivity index (χ1n) is 7.16. The van der Waals surface area contributed by atoms with Gasteiger partial charge in [-0.05, 0) is 13.8 Å². The van der Waals surface area contributed by atoms with E-state index in [-0.39, 0.29) is 26.1 Å². The molecule has 134 valence electrons. The van der Waals surface area contributed by atoms with Crippen molar-refractivity contribution in [3.8, 4) is 0 Å². The van der Waals surface area contributed by atoms with Gasteiger partial charge in [0.25, 0.3) is 0 Å². The highest BCUT2D eigenvalue weighted by atomic mass is 79.9. The zero-order valence-corrected chi connectivity index (χ0v) is 14.9. The third-order valence-corrected chi connectivity index (χ3v) is 3.24. The van der Waals surface area contributed by atoms with Gasteiger partial charge in [-0.15, -0.1) is 0 Å². The van der Waals surface area contributed by atoms with Crippen LogP contribution in [0, 0.1) is 0 Å². The molecule has 6 nitrogen and oxygen atoms in total. The minimum absolute atomic E-state index is 0.00811. The van der Waals surface area contributed by atoms with Crippen molar-refractivity contribution in [3.63, 3.8) is 0 Å². The van der Waals surface area contributed by atoms with Crippen LogP contribution in [0.1, 0.15) is 33.6 Å². The summed E-state index contributed by atoms with van der Waals surface area (Å²) in [6, 6.07) is 0. The van der Waals surface area contributed by atoms with Crippen molar-refractivity contribution < 1.29 is 37.3 Å². The lowest BCUT2D eigenvalue weighted by atomic mass is 10.1. The van der Waals surface area contributed by atoms with Crippen molar-refractivity contribution in [1.29, 1.82) is 0 Å². The molecule has 0 bridgehead atoms. The average Bonchev–Trinajstić information content (AvgIpc) is 2.39. The van der Waals surface area contributed by atoms with E-state index in [0.717, 1.165) is 0 Å². The summed E-state index contributed by atoms with van der Waals surface area (Å²) in [6.07, 6.45) is -0.907. The Morgan fingerprint density at radius 3 is 2.43 bits per heavy atom. The molecule has 0 amide bonds. The van der Waals surface area contributed by atoms with E-state index in [0.29, 0.717) is 12.3 Å². The van der Waals surface area contributed by atoms with E-state index in [9.17, 15) is 18.4 Å². The number of rotatable bonds is 7. The van der Waals surface area contributed by atoms with E-state index in [4.69, 9.17) is 14.2 Å². The van der Waals surface area contributed by atoms with Crippen molar-refractivity contribution >= 4 is 27.9 Å². The summed E-state index contributed by atoms with van der Waals surface area (Å²) in [6.45, 7) is 3.64. The Hall–Kier alpha value is -0.800. The number of esters is 2. The van der Waals surface area contributed by atoms with E-state index < -0.39 is 35.9 Å². The maximum atomic E-state index is 12.8. The number of ether oxygens (including phenoxy) is 4. The van der Waals surface area contributed by atoms with Crippen LogP contribution in [0.4, 0.5) is 8.78 Å². The molecule has 0 aliphatic carbocycles. The molecule has 1 saturated heterocycles. The van der Waals surface area contributed by atoms with Crippen molar-refractivity contribution in [3.05, 3.63) is 0 Å². The van der Waals surface area contributed by atoms with Gasteiger partial charge in [0.15, 0.2) is 5.79 Å². The normalized spacial score (nSPS) is 24.1. The second-order valence-electron chi connectivity index (χ2n) is 5.72. The molecule has 0 saturated carbocycles. The van der Waals surface area contributed by atoms with Gasteiger partial charge in [-0.1, -0.05) is 15.9 Å². The number of hydrogen-bond acceptors (Lipinski definition) is 6. The van der Waals surface area contributed by atoms with Gasteiger partial charge in [-0.3, -0.25) is 4.79 Å². The van der Waals surface area contributed by atoms with Crippen LogP contribution in [-0.2, 0) is 28.5 Å². The van der Waals surface area contributed by atoms with Crippen LogP contribution in [-0.4, -0.2) is 54.4 Å². The van der Waals surface area contributed by atoms with Crippen molar-refractivity contribution in [2.45, 2.75) is 57.5 Å². The lowest BCUT2D eigenvalue weighted by Crippen LogP contribution is -2.47. The van der Waals surface area contributed by atoms with E-state index in [2.05, 4.69) is 20.7 Å². The third-order valence-electron chi connectivity index (χ3n) is 2.92. The van der Waals surface area contributed by atoms with Gasteiger partial charge >= 0.3 is 17.9 Å². The maximum absolute atomic E-state index is 12.8. The molecule has 0 aromatic carbocycles. The summed E-state index contributed by atoms with van der Waals surface area (Å²) in [5.41, 5.74) is 0. The fourth-order valence-electron chi connectivity index (χ4n) is 2.14. The lowest BCUT2D eigenvalue weighted by Gasteiger charge is -2.40. The second-order valence-corrected chi connectivity index (χ2v) is 6.51. The first-order chi connectivity index (χ1) is 10.5. The van der Waals surface area contributed by atoms with Crippen LogP contribution in [0.3, 0.4) is 0 Å². The zero-order valence-electron chi connectivity index (χ0n) is 13.3. The topological polar surface area (TPSA) is 71.1 Å². The molecule has 1 aliphatic rings. The fraction of sp³-hybridized carbons (Fsp3) is 0.857. The monoisotopic (exact) mass is 402 g/mol. The van der Waals surface area contributed by atoms with Crippen LogP contribution in [0.2, 0.25) is 0 Å².